The van der Waals surface area contributed by atoms with Gasteiger partial charge in [0.2, 0.25) is 5.91 Å². The molecule has 5 nitrogen and oxygen atoms in total. The summed E-state index contributed by atoms with van der Waals surface area (Å²) >= 11 is 0. The molecule has 1 aromatic rings. The molecule has 1 N–H and O–H groups in total. The van der Waals surface area contributed by atoms with Crippen molar-refractivity contribution < 1.29 is 17.9 Å². The van der Waals surface area contributed by atoms with Crippen LogP contribution in [0.4, 0.5) is 0 Å². The van der Waals surface area contributed by atoms with Gasteiger partial charge in [-0.3, -0.25) is 4.79 Å². The minimum atomic E-state index is -3.29. The van der Waals surface area contributed by atoms with E-state index in [9.17, 15) is 13.2 Å². The van der Waals surface area contributed by atoms with Crippen molar-refractivity contribution in [2.24, 2.45) is 23.7 Å². The van der Waals surface area contributed by atoms with Gasteiger partial charge < -0.3 is 10.1 Å². The Labute approximate surface area is 174 Å². The second-order valence-corrected chi connectivity index (χ2v) is 12.2. The fourth-order valence-corrected chi connectivity index (χ4v) is 7.29. The number of carbonyl (C=O) groups is 1. The highest BCUT2D eigenvalue weighted by Gasteiger charge is 2.57. The Morgan fingerprint density at radius 3 is 2.10 bits per heavy atom. The average molecular weight is 420 g/mol. The largest absolute Gasteiger partial charge is 0.376 e. The van der Waals surface area contributed by atoms with Crippen LogP contribution in [0.3, 0.4) is 0 Å². The monoisotopic (exact) mass is 419 g/mol. The van der Waals surface area contributed by atoms with Crippen LogP contribution in [-0.4, -0.2) is 38.8 Å². The summed E-state index contributed by atoms with van der Waals surface area (Å²) in [5, 5.41) is 2.68. The maximum atomic E-state index is 12.6. The van der Waals surface area contributed by atoms with Gasteiger partial charge in [-0.05, 0) is 87.3 Å². The molecule has 4 bridgehead atoms. The van der Waals surface area contributed by atoms with Crippen molar-refractivity contribution in [2.75, 3.05) is 13.7 Å². The van der Waals surface area contributed by atoms with Crippen molar-refractivity contribution in [1.29, 1.82) is 0 Å². The molecule has 0 radical (unpaired) electrons. The number of rotatable bonds is 7. The van der Waals surface area contributed by atoms with Gasteiger partial charge in [0.1, 0.15) is 0 Å². The molecular formula is C23H33NO4S. The second-order valence-electron chi connectivity index (χ2n) is 9.65. The molecule has 5 rings (SSSR count). The summed E-state index contributed by atoms with van der Waals surface area (Å²) in [7, 11) is -1.48. The van der Waals surface area contributed by atoms with Crippen molar-refractivity contribution >= 4 is 15.7 Å². The molecule has 1 aromatic carbocycles. The highest BCUT2D eigenvalue weighted by Crippen LogP contribution is 2.59. The van der Waals surface area contributed by atoms with Crippen molar-refractivity contribution in [3.8, 4) is 0 Å². The zero-order chi connectivity index (χ0) is 20.8. The lowest BCUT2D eigenvalue weighted by Crippen LogP contribution is -2.63. The van der Waals surface area contributed by atoms with Crippen molar-refractivity contribution in [3.05, 3.63) is 29.8 Å². The zero-order valence-corrected chi connectivity index (χ0v) is 18.5. The molecule has 0 atom stereocenters. The van der Waals surface area contributed by atoms with Crippen LogP contribution in [0.25, 0.3) is 0 Å². The Balaban J connectivity index is 1.38. The van der Waals surface area contributed by atoms with Gasteiger partial charge in [0, 0.05) is 13.7 Å². The average Bonchev–Trinajstić information content (AvgIpc) is 2.68. The number of hydrogen-bond donors (Lipinski definition) is 1. The highest BCUT2D eigenvalue weighted by atomic mass is 32.2. The molecule has 4 aliphatic rings. The number of benzene rings is 1. The maximum Gasteiger partial charge on any atom is 0.224 e. The lowest BCUT2D eigenvalue weighted by Gasteiger charge is -2.60. The third-order valence-corrected chi connectivity index (χ3v) is 9.87. The summed E-state index contributed by atoms with van der Waals surface area (Å²) in [4.78, 5) is 12.9. The van der Waals surface area contributed by atoms with E-state index < -0.39 is 15.1 Å². The van der Waals surface area contributed by atoms with Gasteiger partial charge in [-0.15, -0.1) is 0 Å². The number of carbonyl (C=O) groups excluding carboxylic acids is 1. The SMILES string of the molecule is COC1(CNC(=O)Cc2ccc(S(=O)(=O)C(C)C)cc2)C2CC3CC(C2)CC1C3. The number of amides is 1. The molecule has 0 unspecified atom stereocenters. The van der Waals surface area contributed by atoms with E-state index in [0.29, 0.717) is 23.3 Å². The highest BCUT2D eigenvalue weighted by molar-refractivity contribution is 7.92. The first-order valence-corrected chi connectivity index (χ1v) is 12.4. The van der Waals surface area contributed by atoms with Gasteiger partial charge in [-0.2, -0.15) is 0 Å². The van der Waals surface area contributed by atoms with Crippen LogP contribution in [0.2, 0.25) is 0 Å². The van der Waals surface area contributed by atoms with Crippen molar-refractivity contribution in [1.82, 2.24) is 5.32 Å². The Kier molecular flexibility index (Phi) is 5.53. The summed E-state index contributed by atoms with van der Waals surface area (Å²) in [6, 6.07) is 6.69. The minimum Gasteiger partial charge on any atom is -0.376 e. The number of methoxy groups -OCH3 is 1. The lowest BCUT2D eigenvalue weighted by molar-refractivity contribution is -0.188. The first-order valence-electron chi connectivity index (χ1n) is 10.9. The van der Waals surface area contributed by atoms with Gasteiger partial charge in [0.15, 0.2) is 9.84 Å². The molecule has 4 fully saturated rings. The third-order valence-electron chi connectivity index (χ3n) is 7.70. The van der Waals surface area contributed by atoms with Crippen LogP contribution in [0.5, 0.6) is 0 Å². The number of sulfone groups is 1. The Morgan fingerprint density at radius 1 is 1.07 bits per heavy atom. The van der Waals surface area contributed by atoms with E-state index in [2.05, 4.69) is 5.32 Å². The quantitative estimate of drug-likeness (QED) is 0.735. The van der Waals surface area contributed by atoms with E-state index in [1.165, 1.54) is 32.1 Å². The molecule has 1 amide bonds. The Bertz CT molecular complexity index is 831. The molecule has 0 aromatic heterocycles. The van der Waals surface area contributed by atoms with E-state index in [1.54, 1.807) is 38.1 Å². The van der Waals surface area contributed by atoms with Crippen molar-refractivity contribution in [2.45, 2.75) is 68.1 Å². The van der Waals surface area contributed by atoms with Gasteiger partial charge in [0.25, 0.3) is 0 Å². The summed E-state index contributed by atoms with van der Waals surface area (Å²) in [6.45, 7) is 3.93. The first kappa shape index (κ1) is 20.9. The number of ether oxygens (including phenoxy) is 1. The van der Waals surface area contributed by atoms with Crippen LogP contribution in [0.15, 0.2) is 29.2 Å². The molecular weight excluding hydrogens is 386 g/mol. The predicted molar refractivity (Wildman–Crippen MR) is 112 cm³/mol. The van der Waals surface area contributed by atoms with E-state index in [1.807, 2.05) is 7.11 Å². The predicted octanol–water partition coefficient (Wildman–Crippen LogP) is 3.37. The topological polar surface area (TPSA) is 72.5 Å². The van der Waals surface area contributed by atoms with Crippen LogP contribution < -0.4 is 5.32 Å². The van der Waals surface area contributed by atoms with Crippen molar-refractivity contribution in [3.63, 3.8) is 0 Å². The second kappa shape index (κ2) is 7.69. The fraction of sp³-hybridized carbons (Fsp3) is 0.696. The van der Waals surface area contributed by atoms with Gasteiger partial charge >= 0.3 is 0 Å². The van der Waals surface area contributed by atoms with Crippen LogP contribution in [0, 0.1) is 23.7 Å². The molecule has 160 valence electrons. The van der Waals surface area contributed by atoms with Gasteiger partial charge in [-0.1, -0.05) is 12.1 Å². The van der Waals surface area contributed by atoms with E-state index in [-0.39, 0.29) is 17.9 Å². The molecule has 4 aliphatic carbocycles. The molecule has 0 heterocycles. The van der Waals surface area contributed by atoms with Gasteiger partial charge in [0.05, 0.1) is 22.2 Å². The molecule has 0 spiro atoms. The summed E-state index contributed by atoms with van der Waals surface area (Å²) in [6.07, 6.45) is 6.60. The normalized spacial score (nSPS) is 33.2. The number of nitrogens with one attached hydrogen (secondary N) is 1. The van der Waals surface area contributed by atoms with Crippen LogP contribution >= 0.6 is 0 Å². The van der Waals surface area contributed by atoms with E-state index >= 15 is 0 Å². The fourth-order valence-electron chi connectivity index (χ4n) is 6.23. The molecule has 0 saturated heterocycles. The first-order chi connectivity index (χ1) is 13.7. The van der Waals surface area contributed by atoms with E-state index in [0.717, 1.165) is 17.4 Å². The standard InChI is InChI=1S/C23H33NO4S/c1-15(2)29(26,27)21-6-4-16(5-7-21)13-22(25)24-14-23(28-3)19-9-17-8-18(11-19)12-20(23)10-17/h4-7,15,17-20H,8-14H2,1-3H3,(H,24,25). The summed E-state index contributed by atoms with van der Waals surface area (Å²) in [5.74, 6) is 2.80. The summed E-state index contributed by atoms with van der Waals surface area (Å²) in [5.41, 5.74) is 0.611. The van der Waals surface area contributed by atoms with Gasteiger partial charge in [-0.25, -0.2) is 8.42 Å². The molecule has 4 saturated carbocycles. The Morgan fingerprint density at radius 2 is 1.62 bits per heavy atom. The minimum absolute atomic E-state index is 0.0327. The van der Waals surface area contributed by atoms with E-state index in [4.69, 9.17) is 4.74 Å². The molecule has 29 heavy (non-hydrogen) atoms. The smallest absolute Gasteiger partial charge is 0.224 e. The van der Waals surface area contributed by atoms with Crippen LogP contribution in [0.1, 0.15) is 51.5 Å². The Hall–Kier alpha value is -1.40. The molecule has 6 heteroatoms. The third kappa shape index (κ3) is 3.74. The van der Waals surface area contributed by atoms with Crippen LogP contribution in [-0.2, 0) is 25.8 Å². The zero-order valence-electron chi connectivity index (χ0n) is 17.7. The maximum absolute atomic E-state index is 12.6. The summed E-state index contributed by atoms with van der Waals surface area (Å²) < 4.78 is 30.6. The molecule has 0 aliphatic heterocycles. The number of hydrogen-bond acceptors (Lipinski definition) is 4. The lowest BCUT2D eigenvalue weighted by atomic mass is 9.49.